The number of hydrogen-bond donors (Lipinski definition) is 1. The molecule has 4 heteroatoms. The fourth-order valence-corrected chi connectivity index (χ4v) is 3.89. The second kappa shape index (κ2) is 7.44. The molecule has 2 aromatic carbocycles. The van der Waals surface area contributed by atoms with E-state index in [2.05, 4.69) is 58.8 Å². The van der Waals surface area contributed by atoms with Crippen LogP contribution in [-0.4, -0.2) is 36.1 Å². The number of anilines is 1. The average molecular weight is 348 g/mol. The Morgan fingerprint density at radius 2 is 1.88 bits per heavy atom. The summed E-state index contributed by atoms with van der Waals surface area (Å²) in [5.41, 5.74) is 4.80. The minimum atomic E-state index is -0.0436. The lowest BCUT2D eigenvalue weighted by molar-refractivity contribution is -0.114. The van der Waals surface area contributed by atoms with E-state index < -0.39 is 0 Å². The SMILES string of the molecule is CC(=O)Nc1ccc(C2=CC3COCC(C2)N3Cc2ccccc2)cc1. The van der Waals surface area contributed by atoms with Crippen molar-refractivity contribution in [1.29, 1.82) is 0 Å². The van der Waals surface area contributed by atoms with Crippen molar-refractivity contribution < 1.29 is 9.53 Å². The molecule has 4 rings (SSSR count). The van der Waals surface area contributed by atoms with Crippen LogP contribution in [0.25, 0.3) is 5.57 Å². The number of carbonyl (C=O) groups excluding carboxylic acids is 1. The van der Waals surface area contributed by atoms with E-state index in [0.717, 1.165) is 31.9 Å². The van der Waals surface area contributed by atoms with Gasteiger partial charge in [0.15, 0.2) is 0 Å². The summed E-state index contributed by atoms with van der Waals surface area (Å²) in [6.07, 6.45) is 3.34. The summed E-state index contributed by atoms with van der Waals surface area (Å²) in [6.45, 7) is 4.02. The van der Waals surface area contributed by atoms with E-state index in [1.165, 1.54) is 23.6 Å². The van der Waals surface area contributed by atoms with Gasteiger partial charge in [0.05, 0.1) is 19.3 Å². The first kappa shape index (κ1) is 17.0. The highest BCUT2D eigenvalue weighted by atomic mass is 16.5. The number of carbonyl (C=O) groups is 1. The molecule has 0 aromatic heterocycles. The van der Waals surface area contributed by atoms with E-state index in [1.54, 1.807) is 0 Å². The molecule has 2 heterocycles. The molecule has 2 aliphatic rings. The Morgan fingerprint density at radius 3 is 2.58 bits per heavy atom. The normalized spacial score (nSPS) is 22.6. The highest BCUT2D eigenvalue weighted by Crippen LogP contribution is 2.33. The Morgan fingerprint density at radius 1 is 1.12 bits per heavy atom. The maximum Gasteiger partial charge on any atom is 0.221 e. The van der Waals surface area contributed by atoms with E-state index in [9.17, 15) is 4.79 Å². The van der Waals surface area contributed by atoms with E-state index in [4.69, 9.17) is 4.74 Å². The van der Waals surface area contributed by atoms with Crippen molar-refractivity contribution in [3.05, 3.63) is 71.8 Å². The maximum absolute atomic E-state index is 11.2. The molecule has 0 spiro atoms. The fourth-order valence-electron chi connectivity index (χ4n) is 3.89. The molecule has 2 bridgehead atoms. The van der Waals surface area contributed by atoms with Gasteiger partial charge in [0.1, 0.15) is 0 Å². The maximum atomic E-state index is 11.2. The number of amides is 1. The van der Waals surface area contributed by atoms with Gasteiger partial charge in [-0.3, -0.25) is 9.69 Å². The first-order valence-corrected chi connectivity index (χ1v) is 9.15. The highest BCUT2D eigenvalue weighted by molar-refractivity contribution is 5.88. The second-order valence-electron chi connectivity index (χ2n) is 7.07. The summed E-state index contributed by atoms with van der Waals surface area (Å²) in [7, 11) is 0. The van der Waals surface area contributed by atoms with Crippen molar-refractivity contribution >= 4 is 17.2 Å². The molecule has 0 saturated carbocycles. The zero-order valence-electron chi connectivity index (χ0n) is 15.0. The highest BCUT2D eigenvalue weighted by Gasteiger charge is 2.34. The van der Waals surface area contributed by atoms with Gasteiger partial charge in [-0.05, 0) is 35.3 Å². The molecule has 2 aliphatic heterocycles. The van der Waals surface area contributed by atoms with Crippen LogP contribution in [0.3, 0.4) is 0 Å². The third-order valence-electron chi connectivity index (χ3n) is 5.13. The molecule has 1 fully saturated rings. The van der Waals surface area contributed by atoms with Crippen LogP contribution >= 0.6 is 0 Å². The van der Waals surface area contributed by atoms with Crippen LogP contribution in [0.1, 0.15) is 24.5 Å². The van der Waals surface area contributed by atoms with Gasteiger partial charge < -0.3 is 10.1 Å². The summed E-state index contributed by atoms with van der Waals surface area (Å²) < 4.78 is 5.82. The van der Waals surface area contributed by atoms with E-state index in [-0.39, 0.29) is 5.91 Å². The third-order valence-corrected chi connectivity index (χ3v) is 5.13. The number of rotatable bonds is 4. The molecule has 2 unspecified atom stereocenters. The van der Waals surface area contributed by atoms with Crippen molar-refractivity contribution in [2.75, 3.05) is 18.5 Å². The average Bonchev–Trinajstić information content (AvgIpc) is 2.62. The van der Waals surface area contributed by atoms with E-state index >= 15 is 0 Å². The van der Waals surface area contributed by atoms with Gasteiger partial charge in [0, 0.05) is 25.2 Å². The first-order chi connectivity index (χ1) is 12.7. The molecule has 1 saturated heterocycles. The van der Waals surface area contributed by atoms with Crippen LogP contribution in [0.4, 0.5) is 5.69 Å². The van der Waals surface area contributed by atoms with Gasteiger partial charge in [-0.1, -0.05) is 48.5 Å². The molecular formula is C22H24N2O2. The van der Waals surface area contributed by atoms with Gasteiger partial charge in [-0.15, -0.1) is 0 Å². The third kappa shape index (κ3) is 3.71. The minimum absolute atomic E-state index is 0.0436. The Balaban J connectivity index is 1.53. The van der Waals surface area contributed by atoms with Gasteiger partial charge in [-0.2, -0.15) is 0 Å². The second-order valence-corrected chi connectivity index (χ2v) is 7.07. The van der Waals surface area contributed by atoms with Crippen LogP contribution in [-0.2, 0) is 16.1 Å². The predicted molar refractivity (Wildman–Crippen MR) is 104 cm³/mol. The summed E-state index contributed by atoms with van der Waals surface area (Å²) in [5.74, 6) is -0.0436. The molecule has 134 valence electrons. The number of benzene rings is 2. The van der Waals surface area contributed by atoms with Crippen molar-refractivity contribution in [3.63, 3.8) is 0 Å². The topological polar surface area (TPSA) is 41.6 Å². The molecule has 2 aromatic rings. The molecule has 0 radical (unpaired) electrons. The number of morpholine rings is 1. The van der Waals surface area contributed by atoms with Crippen molar-refractivity contribution in [3.8, 4) is 0 Å². The summed E-state index contributed by atoms with van der Waals surface area (Å²) in [5, 5.41) is 2.82. The lowest BCUT2D eigenvalue weighted by Gasteiger charge is -2.44. The van der Waals surface area contributed by atoms with Crippen LogP contribution in [0.15, 0.2) is 60.7 Å². The minimum Gasteiger partial charge on any atom is -0.378 e. The number of ether oxygens (including phenoxy) is 1. The van der Waals surface area contributed by atoms with Crippen molar-refractivity contribution in [2.24, 2.45) is 0 Å². The Bertz CT molecular complexity index is 799. The fraction of sp³-hybridized carbons (Fsp3) is 0.318. The van der Waals surface area contributed by atoms with Gasteiger partial charge >= 0.3 is 0 Å². The Hall–Kier alpha value is -2.43. The van der Waals surface area contributed by atoms with Gasteiger partial charge in [0.25, 0.3) is 0 Å². The smallest absolute Gasteiger partial charge is 0.221 e. The molecule has 26 heavy (non-hydrogen) atoms. The summed E-state index contributed by atoms with van der Waals surface area (Å²) in [6, 6.07) is 19.5. The zero-order valence-corrected chi connectivity index (χ0v) is 15.0. The summed E-state index contributed by atoms with van der Waals surface area (Å²) in [4.78, 5) is 13.7. The lowest BCUT2D eigenvalue weighted by Crippen LogP contribution is -2.53. The number of fused-ring (bicyclic) bond motifs is 2. The zero-order chi connectivity index (χ0) is 17.9. The molecule has 4 nitrogen and oxygen atoms in total. The molecule has 1 N–H and O–H groups in total. The Kier molecular flexibility index (Phi) is 4.87. The monoisotopic (exact) mass is 348 g/mol. The molecular weight excluding hydrogens is 324 g/mol. The summed E-state index contributed by atoms with van der Waals surface area (Å²) >= 11 is 0. The molecule has 1 amide bonds. The van der Waals surface area contributed by atoms with Crippen molar-refractivity contribution in [2.45, 2.75) is 32.0 Å². The number of hydrogen-bond acceptors (Lipinski definition) is 3. The van der Waals surface area contributed by atoms with Crippen LogP contribution in [0, 0.1) is 0 Å². The predicted octanol–water partition coefficient (Wildman–Crippen LogP) is 3.70. The van der Waals surface area contributed by atoms with Gasteiger partial charge in [0.2, 0.25) is 5.91 Å². The van der Waals surface area contributed by atoms with Crippen LogP contribution in [0.5, 0.6) is 0 Å². The molecule has 2 atom stereocenters. The first-order valence-electron chi connectivity index (χ1n) is 9.15. The standard InChI is InChI=1S/C22H24N2O2/c1-16(25)23-20-9-7-18(8-10-20)19-11-21-14-26-15-22(12-19)24(21)13-17-5-3-2-4-6-17/h2-11,21-22H,12-15H2,1H3,(H,23,25). The van der Waals surface area contributed by atoms with E-state index in [0.29, 0.717) is 12.1 Å². The Labute approximate surface area is 154 Å². The molecule has 0 aliphatic carbocycles. The van der Waals surface area contributed by atoms with E-state index in [1.807, 2.05) is 12.1 Å². The number of nitrogens with zero attached hydrogens (tertiary/aromatic N) is 1. The van der Waals surface area contributed by atoms with Crippen LogP contribution < -0.4 is 5.32 Å². The number of nitrogens with one attached hydrogen (secondary N) is 1. The lowest BCUT2D eigenvalue weighted by atomic mass is 9.89. The largest absolute Gasteiger partial charge is 0.378 e. The van der Waals surface area contributed by atoms with Crippen LogP contribution in [0.2, 0.25) is 0 Å². The quantitative estimate of drug-likeness (QED) is 0.916. The van der Waals surface area contributed by atoms with Crippen molar-refractivity contribution in [1.82, 2.24) is 4.90 Å². The van der Waals surface area contributed by atoms with Gasteiger partial charge in [-0.25, -0.2) is 0 Å².